The van der Waals surface area contributed by atoms with Crippen LogP contribution in [0.25, 0.3) is 34.0 Å². The van der Waals surface area contributed by atoms with Crippen molar-refractivity contribution in [3.8, 4) is 39.8 Å². The number of pyridine rings is 1. The van der Waals surface area contributed by atoms with Crippen molar-refractivity contribution in [2.24, 2.45) is 0 Å². The van der Waals surface area contributed by atoms with Crippen molar-refractivity contribution in [1.82, 2.24) is 24.7 Å². The van der Waals surface area contributed by atoms with Gasteiger partial charge in [-0.3, -0.25) is 9.67 Å². The topological polar surface area (TPSA) is 65.7 Å². The number of alkyl halides is 3. The van der Waals surface area contributed by atoms with Crippen LogP contribution in [0.15, 0.2) is 61.1 Å². The summed E-state index contributed by atoms with van der Waals surface area (Å²) in [6, 6.07) is 9.17. The van der Waals surface area contributed by atoms with E-state index in [0.717, 1.165) is 18.2 Å². The van der Waals surface area contributed by atoms with E-state index < -0.39 is 23.3 Å². The summed E-state index contributed by atoms with van der Waals surface area (Å²) in [5.41, 5.74) is 0.522. The number of hydrogen-bond acceptors (Lipinski definition) is 5. The predicted molar refractivity (Wildman–Crippen MR) is 134 cm³/mol. The molecule has 0 unspecified atom stereocenters. The van der Waals surface area contributed by atoms with Gasteiger partial charge in [0.15, 0.2) is 5.82 Å². The summed E-state index contributed by atoms with van der Waals surface area (Å²) in [6.45, 7) is 3.82. The first-order valence-electron chi connectivity index (χ1n) is 12.1. The molecule has 0 atom stereocenters. The third kappa shape index (κ3) is 5.43. The molecule has 0 saturated carbocycles. The second-order valence-corrected chi connectivity index (χ2v) is 8.93. The Balaban J connectivity index is 1.42. The predicted octanol–water partition coefficient (Wildman–Crippen LogP) is 6.95. The zero-order valence-corrected chi connectivity index (χ0v) is 20.9. The highest BCUT2D eigenvalue weighted by atomic mass is 19.4. The summed E-state index contributed by atoms with van der Waals surface area (Å²) in [5, 5.41) is 4.27. The molecule has 3 aromatic rings. The molecule has 0 aliphatic carbocycles. The smallest absolute Gasteiger partial charge is 0.417 e. The lowest BCUT2D eigenvalue weighted by atomic mass is 10.0. The van der Waals surface area contributed by atoms with Crippen LogP contribution < -0.4 is 4.74 Å². The molecule has 200 valence electrons. The molecule has 6 nitrogen and oxygen atoms in total. The van der Waals surface area contributed by atoms with Gasteiger partial charge in [-0.2, -0.15) is 18.3 Å². The fourth-order valence-electron chi connectivity index (χ4n) is 4.14. The van der Waals surface area contributed by atoms with Crippen molar-refractivity contribution in [1.29, 1.82) is 0 Å². The second kappa shape index (κ2) is 10.4. The van der Waals surface area contributed by atoms with Gasteiger partial charge in [0.25, 0.3) is 0 Å². The van der Waals surface area contributed by atoms with E-state index in [1.165, 1.54) is 29.2 Å². The Hall–Kier alpha value is -4.41. The van der Waals surface area contributed by atoms with Gasteiger partial charge >= 0.3 is 6.18 Å². The average molecular weight is 540 g/mol. The molecule has 0 radical (unpaired) electrons. The molecular formula is C28H22F5N5O. The summed E-state index contributed by atoms with van der Waals surface area (Å²) in [7, 11) is 0. The van der Waals surface area contributed by atoms with Crippen molar-refractivity contribution in [3.63, 3.8) is 0 Å². The minimum absolute atomic E-state index is 0.0501. The molecule has 0 fully saturated rings. The second-order valence-electron chi connectivity index (χ2n) is 8.93. The summed E-state index contributed by atoms with van der Waals surface area (Å²) < 4.78 is 77.1. The number of fused-ring (bicyclic) bond motifs is 1. The Morgan fingerprint density at radius 3 is 2.46 bits per heavy atom. The van der Waals surface area contributed by atoms with E-state index in [9.17, 15) is 17.6 Å². The normalized spacial score (nSPS) is 11.8. The van der Waals surface area contributed by atoms with Gasteiger partial charge < -0.3 is 4.74 Å². The highest BCUT2D eigenvalue weighted by Crippen LogP contribution is 2.39. The Morgan fingerprint density at radius 2 is 1.72 bits per heavy atom. The van der Waals surface area contributed by atoms with E-state index >= 15 is 4.39 Å². The van der Waals surface area contributed by atoms with Crippen LogP contribution in [-0.2, 0) is 12.7 Å². The van der Waals surface area contributed by atoms with E-state index in [1.54, 1.807) is 25.3 Å². The third-order valence-corrected chi connectivity index (χ3v) is 6.09. The molecule has 11 heteroatoms. The van der Waals surface area contributed by atoms with Crippen molar-refractivity contribution < 1.29 is 26.7 Å². The van der Waals surface area contributed by atoms with Gasteiger partial charge in [0.05, 0.1) is 31.1 Å². The summed E-state index contributed by atoms with van der Waals surface area (Å²) in [4.78, 5) is 12.9. The van der Waals surface area contributed by atoms with Crippen LogP contribution in [-0.4, -0.2) is 31.3 Å². The summed E-state index contributed by atoms with van der Waals surface area (Å²) in [6.07, 6.45) is 0.287. The molecule has 1 aromatic heterocycles. The molecule has 3 heterocycles. The number of rotatable bonds is 7. The van der Waals surface area contributed by atoms with Gasteiger partial charge in [0.2, 0.25) is 0 Å². The SMILES string of the molecule is CCCOc1ccc(-c2ncc(Cn3cc4nc(-c5cccc(F)c5C)nc-4cn3)cc2F)c(C(F)(F)F)c1. The average Bonchev–Trinajstić information content (AvgIpc) is 3.32. The lowest BCUT2D eigenvalue weighted by Crippen LogP contribution is -2.10. The quantitative estimate of drug-likeness (QED) is 0.210. The monoisotopic (exact) mass is 539 g/mol. The minimum atomic E-state index is -4.73. The lowest BCUT2D eigenvalue weighted by Gasteiger charge is -2.15. The van der Waals surface area contributed by atoms with Crippen molar-refractivity contribution >= 4 is 0 Å². The van der Waals surface area contributed by atoms with E-state index in [-0.39, 0.29) is 30.3 Å². The van der Waals surface area contributed by atoms with Crippen LogP contribution in [0.1, 0.15) is 30.0 Å². The molecule has 0 amide bonds. The first kappa shape index (κ1) is 26.2. The van der Waals surface area contributed by atoms with Crippen molar-refractivity contribution in [2.45, 2.75) is 33.0 Å². The van der Waals surface area contributed by atoms with Gasteiger partial charge in [-0.05, 0) is 54.8 Å². The van der Waals surface area contributed by atoms with Gasteiger partial charge in [-0.15, -0.1) is 0 Å². The third-order valence-electron chi connectivity index (χ3n) is 6.09. The number of hydrogen-bond donors (Lipinski definition) is 0. The Kier molecular flexibility index (Phi) is 6.98. The van der Waals surface area contributed by atoms with Crippen LogP contribution in [0.5, 0.6) is 5.75 Å². The van der Waals surface area contributed by atoms with Crippen LogP contribution in [0, 0.1) is 18.6 Å². The zero-order valence-electron chi connectivity index (χ0n) is 20.9. The Labute approximate surface area is 220 Å². The first-order valence-corrected chi connectivity index (χ1v) is 12.1. The number of halogens is 5. The molecule has 39 heavy (non-hydrogen) atoms. The lowest BCUT2D eigenvalue weighted by molar-refractivity contribution is -0.137. The van der Waals surface area contributed by atoms with Gasteiger partial charge in [0.1, 0.15) is 34.5 Å². The Bertz CT molecular complexity index is 1610. The minimum Gasteiger partial charge on any atom is -0.494 e. The van der Waals surface area contributed by atoms with Crippen LogP contribution in [0.3, 0.4) is 0 Å². The highest BCUT2D eigenvalue weighted by Gasteiger charge is 2.35. The summed E-state index contributed by atoms with van der Waals surface area (Å²) in [5.74, 6) is -0.867. The number of imidazole rings is 1. The van der Waals surface area contributed by atoms with E-state index in [2.05, 4.69) is 20.1 Å². The largest absolute Gasteiger partial charge is 0.494 e. The number of nitrogens with zero attached hydrogens (tertiary/aromatic N) is 5. The summed E-state index contributed by atoms with van der Waals surface area (Å²) >= 11 is 0. The van der Waals surface area contributed by atoms with Crippen LogP contribution in [0.2, 0.25) is 0 Å². The van der Waals surface area contributed by atoms with Gasteiger partial charge in [-0.25, -0.2) is 18.7 Å². The first-order chi connectivity index (χ1) is 18.6. The Morgan fingerprint density at radius 1 is 0.923 bits per heavy atom. The maximum atomic E-state index is 15.1. The number of aromatic nitrogens is 5. The molecule has 0 saturated heterocycles. The standard InChI is InChI=1S/C28H22F5N5O/c1-3-9-39-18-7-8-20(21(11-18)28(31,32)33)26-23(30)10-17(12-34-26)14-38-15-25-24(13-35-38)36-27(37-25)19-5-4-6-22(29)16(19)2/h4-8,10-13,15H,3,9,14H2,1-2H3. The molecule has 0 N–H and O–H groups in total. The number of benzene rings is 2. The zero-order chi connectivity index (χ0) is 27.7. The van der Waals surface area contributed by atoms with Gasteiger partial charge in [-0.1, -0.05) is 19.1 Å². The fraction of sp³-hybridized carbons (Fsp3) is 0.214. The fourth-order valence-corrected chi connectivity index (χ4v) is 4.14. The van der Waals surface area contributed by atoms with Crippen LogP contribution in [0.4, 0.5) is 22.0 Å². The highest BCUT2D eigenvalue weighted by molar-refractivity contribution is 5.68. The molecule has 2 aliphatic heterocycles. The van der Waals surface area contributed by atoms with Crippen LogP contribution >= 0.6 is 0 Å². The van der Waals surface area contributed by atoms with Crippen molar-refractivity contribution in [3.05, 3.63) is 89.4 Å². The molecule has 0 spiro atoms. The van der Waals surface area contributed by atoms with E-state index in [4.69, 9.17) is 4.74 Å². The van der Waals surface area contributed by atoms with E-state index in [1.807, 2.05) is 6.92 Å². The molecular weight excluding hydrogens is 517 g/mol. The van der Waals surface area contributed by atoms with E-state index in [0.29, 0.717) is 40.3 Å². The molecule has 2 aromatic carbocycles. The number of ether oxygens (including phenoxy) is 1. The van der Waals surface area contributed by atoms with Gasteiger partial charge in [0, 0.05) is 17.3 Å². The maximum Gasteiger partial charge on any atom is 0.417 e. The molecule has 5 rings (SSSR count). The maximum absolute atomic E-state index is 15.1. The molecule has 2 aliphatic rings. The van der Waals surface area contributed by atoms with Crippen molar-refractivity contribution in [2.75, 3.05) is 6.61 Å². The molecule has 0 bridgehead atoms.